The summed E-state index contributed by atoms with van der Waals surface area (Å²) in [4.78, 5) is 8.35. The molecule has 5 nitrogen and oxygen atoms in total. The van der Waals surface area contributed by atoms with E-state index in [2.05, 4.69) is 15.3 Å². The van der Waals surface area contributed by atoms with Gasteiger partial charge >= 0.3 is 0 Å². The van der Waals surface area contributed by atoms with Crippen LogP contribution in [0, 0.1) is 0 Å². The summed E-state index contributed by atoms with van der Waals surface area (Å²) in [5.74, 6) is 1.29. The van der Waals surface area contributed by atoms with E-state index in [1.807, 2.05) is 0 Å². The summed E-state index contributed by atoms with van der Waals surface area (Å²) in [6.07, 6.45) is 7.93. The first-order chi connectivity index (χ1) is 7.79. The fourth-order valence-electron chi connectivity index (χ4n) is 2.00. The summed E-state index contributed by atoms with van der Waals surface area (Å²) in [5, 5.41) is 3.28. The van der Waals surface area contributed by atoms with E-state index >= 15 is 0 Å². The molecular formula is C11H18N4O. The predicted molar refractivity (Wildman–Crippen MR) is 62.4 cm³/mol. The average Bonchev–Trinajstić information content (AvgIpc) is 2.33. The van der Waals surface area contributed by atoms with Crippen LogP contribution in [0.5, 0.6) is 5.75 Å². The molecule has 1 aliphatic rings. The van der Waals surface area contributed by atoms with Crippen LogP contribution in [0.3, 0.4) is 0 Å². The molecule has 3 N–H and O–H groups in total. The van der Waals surface area contributed by atoms with Gasteiger partial charge in [0.25, 0.3) is 0 Å². The first-order valence-electron chi connectivity index (χ1n) is 5.68. The van der Waals surface area contributed by atoms with Gasteiger partial charge in [0.15, 0.2) is 5.75 Å². The highest BCUT2D eigenvalue weighted by Gasteiger charge is 2.21. The molecule has 1 aliphatic carbocycles. The van der Waals surface area contributed by atoms with Crippen molar-refractivity contribution in [2.75, 3.05) is 12.4 Å². The van der Waals surface area contributed by atoms with E-state index < -0.39 is 0 Å². The molecule has 88 valence electrons. The van der Waals surface area contributed by atoms with Crippen molar-refractivity contribution in [1.29, 1.82) is 0 Å². The Morgan fingerprint density at radius 1 is 1.31 bits per heavy atom. The topological polar surface area (TPSA) is 73.1 Å². The van der Waals surface area contributed by atoms with Gasteiger partial charge in [0.2, 0.25) is 5.95 Å². The number of aromatic nitrogens is 2. The summed E-state index contributed by atoms with van der Waals surface area (Å²) in [6, 6.07) is 0.501. The van der Waals surface area contributed by atoms with Crippen LogP contribution in [0.2, 0.25) is 0 Å². The molecule has 1 heterocycles. The van der Waals surface area contributed by atoms with E-state index in [-0.39, 0.29) is 6.04 Å². The molecule has 0 saturated heterocycles. The van der Waals surface area contributed by atoms with Crippen LogP contribution >= 0.6 is 0 Å². The van der Waals surface area contributed by atoms with Crippen LogP contribution in [0.4, 0.5) is 5.95 Å². The fourth-order valence-corrected chi connectivity index (χ4v) is 2.00. The monoisotopic (exact) mass is 222 g/mol. The van der Waals surface area contributed by atoms with Crippen LogP contribution in [-0.4, -0.2) is 29.2 Å². The number of nitrogens with one attached hydrogen (secondary N) is 1. The molecule has 0 aliphatic heterocycles. The number of hydrogen-bond acceptors (Lipinski definition) is 5. The molecule has 1 fully saturated rings. The molecule has 0 amide bonds. The SMILES string of the molecule is COc1cnc(N[C@@H]2CCCC[C@H]2N)nc1. The number of hydrogen-bond donors (Lipinski definition) is 2. The van der Waals surface area contributed by atoms with Gasteiger partial charge in [-0.25, -0.2) is 9.97 Å². The number of anilines is 1. The van der Waals surface area contributed by atoms with Crippen molar-refractivity contribution in [2.45, 2.75) is 37.8 Å². The first-order valence-corrected chi connectivity index (χ1v) is 5.68. The number of rotatable bonds is 3. The summed E-state index contributed by atoms with van der Waals surface area (Å²) in [6.45, 7) is 0. The Labute approximate surface area is 95.4 Å². The Morgan fingerprint density at radius 3 is 2.62 bits per heavy atom. The maximum atomic E-state index is 6.04. The van der Waals surface area contributed by atoms with Gasteiger partial charge in [0.05, 0.1) is 19.5 Å². The van der Waals surface area contributed by atoms with Crippen LogP contribution in [-0.2, 0) is 0 Å². The quantitative estimate of drug-likeness (QED) is 0.803. The third kappa shape index (κ3) is 2.61. The molecule has 16 heavy (non-hydrogen) atoms. The molecule has 5 heteroatoms. The molecular weight excluding hydrogens is 204 g/mol. The van der Waals surface area contributed by atoms with Gasteiger partial charge < -0.3 is 15.8 Å². The smallest absolute Gasteiger partial charge is 0.223 e. The number of ether oxygens (including phenoxy) is 1. The molecule has 1 aromatic rings. The zero-order valence-corrected chi connectivity index (χ0v) is 9.52. The van der Waals surface area contributed by atoms with Crippen LogP contribution in [0.25, 0.3) is 0 Å². The first kappa shape index (κ1) is 11.1. The Morgan fingerprint density at radius 2 is 2.00 bits per heavy atom. The highest BCUT2D eigenvalue weighted by atomic mass is 16.5. The van der Waals surface area contributed by atoms with E-state index in [1.165, 1.54) is 12.8 Å². The molecule has 2 atom stereocenters. The second kappa shape index (κ2) is 5.12. The van der Waals surface area contributed by atoms with Gasteiger partial charge in [-0.2, -0.15) is 0 Å². The van der Waals surface area contributed by atoms with Gasteiger partial charge in [0.1, 0.15) is 0 Å². The summed E-state index contributed by atoms with van der Waals surface area (Å²) in [5.41, 5.74) is 6.04. The van der Waals surface area contributed by atoms with Crippen LogP contribution in [0.1, 0.15) is 25.7 Å². The third-order valence-electron chi connectivity index (χ3n) is 3.00. The molecule has 2 rings (SSSR count). The average molecular weight is 222 g/mol. The zero-order chi connectivity index (χ0) is 11.4. The Kier molecular flexibility index (Phi) is 3.56. The Hall–Kier alpha value is -1.36. The van der Waals surface area contributed by atoms with Crippen molar-refractivity contribution in [3.63, 3.8) is 0 Å². The maximum Gasteiger partial charge on any atom is 0.223 e. The lowest BCUT2D eigenvalue weighted by Gasteiger charge is -2.29. The normalized spacial score (nSPS) is 25.1. The Balaban J connectivity index is 1.96. The van der Waals surface area contributed by atoms with Crippen LogP contribution < -0.4 is 15.8 Å². The van der Waals surface area contributed by atoms with Gasteiger partial charge in [0, 0.05) is 12.1 Å². The minimum atomic E-state index is 0.208. The van der Waals surface area contributed by atoms with Crippen molar-refractivity contribution >= 4 is 5.95 Å². The molecule has 0 bridgehead atoms. The predicted octanol–water partition coefficient (Wildman–Crippen LogP) is 1.17. The molecule has 0 spiro atoms. The third-order valence-corrected chi connectivity index (χ3v) is 3.00. The standard InChI is InChI=1S/C11H18N4O/c1-16-8-6-13-11(14-7-8)15-10-5-3-2-4-9(10)12/h6-7,9-10H,2-5,12H2,1H3,(H,13,14,15)/t9-,10-/m1/s1. The summed E-state index contributed by atoms with van der Waals surface area (Å²) < 4.78 is 5.00. The van der Waals surface area contributed by atoms with E-state index in [0.717, 1.165) is 12.8 Å². The molecule has 0 radical (unpaired) electrons. The second-order valence-electron chi connectivity index (χ2n) is 4.15. The van der Waals surface area contributed by atoms with E-state index in [0.29, 0.717) is 17.7 Å². The lowest BCUT2D eigenvalue weighted by molar-refractivity contribution is 0.400. The number of nitrogens with zero attached hydrogens (tertiary/aromatic N) is 2. The second-order valence-corrected chi connectivity index (χ2v) is 4.15. The summed E-state index contributed by atoms with van der Waals surface area (Å²) in [7, 11) is 1.60. The van der Waals surface area contributed by atoms with Crippen molar-refractivity contribution in [1.82, 2.24) is 9.97 Å². The number of nitrogens with two attached hydrogens (primary N) is 1. The maximum absolute atomic E-state index is 6.04. The van der Waals surface area contributed by atoms with Crippen molar-refractivity contribution < 1.29 is 4.74 Å². The molecule has 0 aromatic carbocycles. The minimum Gasteiger partial charge on any atom is -0.494 e. The molecule has 0 unspecified atom stereocenters. The van der Waals surface area contributed by atoms with Crippen molar-refractivity contribution in [3.8, 4) is 5.75 Å². The minimum absolute atomic E-state index is 0.208. The van der Waals surface area contributed by atoms with E-state index in [9.17, 15) is 0 Å². The highest BCUT2D eigenvalue weighted by molar-refractivity contribution is 5.29. The van der Waals surface area contributed by atoms with Gasteiger partial charge in [-0.1, -0.05) is 12.8 Å². The number of methoxy groups -OCH3 is 1. The van der Waals surface area contributed by atoms with E-state index in [1.54, 1.807) is 19.5 Å². The largest absolute Gasteiger partial charge is 0.494 e. The fraction of sp³-hybridized carbons (Fsp3) is 0.636. The zero-order valence-electron chi connectivity index (χ0n) is 9.52. The van der Waals surface area contributed by atoms with Gasteiger partial charge in [-0.05, 0) is 12.8 Å². The van der Waals surface area contributed by atoms with Crippen molar-refractivity contribution in [2.24, 2.45) is 5.73 Å². The van der Waals surface area contributed by atoms with Gasteiger partial charge in [-0.3, -0.25) is 0 Å². The lowest BCUT2D eigenvalue weighted by atomic mass is 9.91. The van der Waals surface area contributed by atoms with Crippen molar-refractivity contribution in [3.05, 3.63) is 12.4 Å². The van der Waals surface area contributed by atoms with Gasteiger partial charge in [-0.15, -0.1) is 0 Å². The molecule has 1 saturated carbocycles. The lowest BCUT2D eigenvalue weighted by Crippen LogP contribution is -2.42. The highest BCUT2D eigenvalue weighted by Crippen LogP contribution is 2.19. The van der Waals surface area contributed by atoms with E-state index in [4.69, 9.17) is 10.5 Å². The summed E-state index contributed by atoms with van der Waals surface area (Å²) >= 11 is 0. The molecule has 1 aromatic heterocycles. The van der Waals surface area contributed by atoms with Crippen LogP contribution in [0.15, 0.2) is 12.4 Å². The Bertz CT molecular complexity index is 327.